The van der Waals surface area contributed by atoms with E-state index in [2.05, 4.69) is 10.1 Å². The number of carboxylic acids is 1. The van der Waals surface area contributed by atoms with Crippen molar-refractivity contribution in [1.82, 2.24) is 14.8 Å². The van der Waals surface area contributed by atoms with Crippen LogP contribution in [0.4, 0.5) is 5.95 Å². The lowest BCUT2D eigenvalue weighted by molar-refractivity contribution is -0.139. The van der Waals surface area contributed by atoms with Crippen LogP contribution in [-0.4, -0.2) is 25.8 Å². The lowest BCUT2D eigenvalue weighted by Crippen LogP contribution is -2.28. The lowest BCUT2D eigenvalue weighted by Gasteiger charge is -2.27. The molecule has 104 valence electrons. The monoisotopic (exact) mass is 292 g/mol. The number of benzene rings is 1. The number of rotatable bonds is 2. The van der Waals surface area contributed by atoms with E-state index in [4.69, 9.17) is 17.3 Å². The predicted octanol–water partition coefficient (Wildman–Crippen LogP) is 1.87. The summed E-state index contributed by atoms with van der Waals surface area (Å²) in [5.74, 6) is -0.989. The van der Waals surface area contributed by atoms with Gasteiger partial charge < -0.3 is 10.8 Å². The maximum absolute atomic E-state index is 11.4. The summed E-state index contributed by atoms with van der Waals surface area (Å²) in [5, 5.41) is 14.1. The van der Waals surface area contributed by atoms with Gasteiger partial charge >= 0.3 is 5.97 Å². The molecule has 0 bridgehead atoms. The van der Waals surface area contributed by atoms with Crippen LogP contribution in [0, 0.1) is 0 Å². The number of carboxylic acid groups (broad SMARTS) is 1. The first-order valence-electron chi connectivity index (χ1n) is 6.23. The van der Waals surface area contributed by atoms with Gasteiger partial charge in [-0.1, -0.05) is 23.7 Å². The third-order valence-electron chi connectivity index (χ3n) is 3.58. The van der Waals surface area contributed by atoms with E-state index in [-0.39, 0.29) is 11.9 Å². The molecule has 0 amide bonds. The number of nitrogens with zero attached hydrogens (tertiary/aromatic N) is 3. The highest BCUT2D eigenvalue weighted by Crippen LogP contribution is 2.36. The molecule has 0 aliphatic carbocycles. The van der Waals surface area contributed by atoms with Gasteiger partial charge in [-0.2, -0.15) is 4.98 Å². The Morgan fingerprint density at radius 1 is 1.40 bits per heavy atom. The number of anilines is 1. The van der Waals surface area contributed by atoms with Crippen molar-refractivity contribution in [3.8, 4) is 0 Å². The van der Waals surface area contributed by atoms with Gasteiger partial charge in [0.1, 0.15) is 11.7 Å². The van der Waals surface area contributed by atoms with E-state index in [9.17, 15) is 9.90 Å². The summed E-state index contributed by atoms with van der Waals surface area (Å²) < 4.78 is 1.59. The summed E-state index contributed by atoms with van der Waals surface area (Å²) >= 11 is 5.88. The minimum Gasteiger partial charge on any atom is -0.481 e. The molecule has 0 spiro atoms. The minimum absolute atomic E-state index is 0.0574. The Bertz CT molecular complexity index is 653. The van der Waals surface area contributed by atoms with Crippen LogP contribution in [0.25, 0.3) is 0 Å². The van der Waals surface area contributed by atoms with Crippen LogP contribution in [-0.2, 0) is 11.3 Å². The van der Waals surface area contributed by atoms with Gasteiger partial charge in [0.25, 0.3) is 0 Å². The van der Waals surface area contributed by atoms with Gasteiger partial charge in [0.15, 0.2) is 0 Å². The zero-order valence-electron chi connectivity index (χ0n) is 10.5. The lowest BCUT2D eigenvalue weighted by atomic mass is 9.85. The Hall–Kier alpha value is -2.08. The number of hydrogen-bond donors (Lipinski definition) is 2. The highest BCUT2D eigenvalue weighted by Gasteiger charge is 2.35. The van der Waals surface area contributed by atoms with Gasteiger partial charge in [0.2, 0.25) is 5.95 Å². The molecule has 2 aromatic rings. The Labute approximate surface area is 120 Å². The van der Waals surface area contributed by atoms with Crippen LogP contribution in [0.15, 0.2) is 24.3 Å². The number of fused-ring (bicyclic) bond motifs is 1. The van der Waals surface area contributed by atoms with Crippen molar-refractivity contribution in [2.75, 3.05) is 5.73 Å². The van der Waals surface area contributed by atoms with Crippen molar-refractivity contribution in [3.05, 3.63) is 40.7 Å². The summed E-state index contributed by atoms with van der Waals surface area (Å²) in [6, 6.07) is 7.43. The molecule has 1 aliphatic heterocycles. The number of aliphatic carboxylic acids is 1. The molecule has 7 heteroatoms. The Balaban J connectivity index is 1.97. The van der Waals surface area contributed by atoms with Crippen LogP contribution in [0.2, 0.25) is 5.02 Å². The molecule has 2 heterocycles. The van der Waals surface area contributed by atoms with E-state index < -0.39 is 11.9 Å². The zero-order valence-corrected chi connectivity index (χ0v) is 11.3. The molecule has 1 aliphatic rings. The molecule has 0 fully saturated rings. The van der Waals surface area contributed by atoms with Crippen molar-refractivity contribution >= 4 is 23.5 Å². The van der Waals surface area contributed by atoms with Crippen molar-refractivity contribution in [3.63, 3.8) is 0 Å². The van der Waals surface area contributed by atoms with Crippen molar-refractivity contribution < 1.29 is 9.90 Å². The maximum atomic E-state index is 11.4. The third kappa shape index (κ3) is 2.22. The van der Waals surface area contributed by atoms with E-state index in [1.165, 1.54) is 0 Å². The molecule has 20 heavy (non-hydrogen) atoms. The van der Waals surface area contributed by atoms with Crippen LogP contribution in [0.5, 0.6) is 0 Å². The van der Waals surface area contributed by atoms with E-state index in [0.29, 0.717) is 23.8 Å². The number of nitrogens with two attached hydrogens (primary N) is 1. The van der Waals surface area contributed by atoms with Gasteiger partial charge in [-0.3, -0.25) is 4.79 Å². The average Bonchev–Trinajstić information content (AvgIpc) is 2.78. The van der Waals surface area contributed by atoms with Crippen LogP contribution in [0.3, 0.4) is 0 Å². The Morgan fingerprint density at radius 2 is 2.10 bits per heavy atom. The van der Waals surface area contributed by atoms with E-state index >= 15 is 0 Å². The van der Waals surface area contributed by atoms with Crippen LogP contribution in [0.1, 0.15) is 29.6 Å². The van der Waals surface area contributed by atoms with Gasteiger partial charge in [-0.15, -0.1) is 5.10 Å². The van der Waals surface area contributed by atoms with E-state index in [1.807, 2.05) is 12.1 Å². The third-order valence-corrected chi connectivity index (χ3v) is 3.83. The summed E-state index contributed by atoms with van der Waals surface area (Å²) in [4.78, 5) is 15.4. The minimum atomic E-state index is -0.905. The first kappa shape index (κ1) is 12.9. The number of hydrogen-bond acceptors (Lipinski definition) is 4. The topological polar surface area (TPSA) is 94.0 Å². The molecule has 0 radical (unpaired) electrons. The molecule has 0 saturated heterocycles. The molecular formula is C13H13ClN4O2. The fraction of sp³-hybridized carbons (Fsp3) is 0.308. The first-order valence-corrected chi connectivity index (χ1v) is 6.61. The van der Waals surface area contributed by atoms with Gasteiger partial charge in [-0.05, 0) is 24.1 Å². The Kier molecular flexibility index (Phi) is 3.10. The summed E-state index contributed by atoms with van der Waals surface area (Å²) in [7, 11) is 0. The highest BCUT2D eigenvalue weighted by atomic mass is 35.5. The smallest absolute Gasteiger partial charge is 0.314 e. The quantitative estimate of drug-likeness (QED) is 0.881. The average molecular weight is 293 g/mol. The largest absolute Gasteiger partial charge is 0.481 e. The first-order chi connectivity index (χ1) is 9.54. The van der Waals surface area contributed by atoms with Crippen molar-refractivity contribution in [2.24, 2.45) is 0 Å². The van der Waals surface area contributed by atoms with E-state index in [1.54, 1.807) is 16.8 Å². The van der Waals surface area contributed by atoms with Crippen molar-refractivity contribution in [1.29, 1.82) is 0 Å². The molecule has 1 aromatic carbocycles. The Morgan fingerprint density at radius 3 is 2.75 bits per heavy atom. The SMILES string of the molecule is Nc1nc2n(n1)CC(c1ccc(Cl)cc1)CC2C(=O)O. The molecule has 0 saturated carbocycles. The van der Waals surface area contributed by atoms with Crippen LogP contribution >= 0.6 is 11.6 Å². The van der Waals surface area contributed by atoms with Crippen LogP contribution < -0.4 is 5.73 Å². The summed E-state index contributed by atoms with van der Waals surface area (Å²) in [6.45, 7) is 0.574. The molecule has 3 rings (SSSR count). The maximum Gasteiger partial charge on any atom is 0.314 e. The molecule has 3 N–H and O–H groups in total. The molecule has 1 aromatic heterocycles. The number of halogens is 1. The van der Waals surface area contributed by atoms with Crippen molar-refractivity contribution in [2.45, 2.75) is 24.8 Å². The highest BCUT2D eigenvalue weighted by molar-refractivity contribution is 6.30. The standard InChI is InChI=1S/C13H13ClN4O2/c14-9-3-1-7(2-4-9)8-5-10(12(19)20)11-16-13(15)17-18(11)6-8/h1-4,8,10H,5-6H2,(H2,15,17)(H,19,20). The number of nitrogen functional groups attached to an aromatic ring is 1. The van der Waals surface area contributed by atoms with E-state index in [0.717, 1.165) is 5.56 Å². The van der Waals surface area contributed by atoms with Gasteiger partial charge in [0.05, 0.1) is 6.54 Å². The fourth-order valence-electron chi connectivity index (χ4n) is 2.63. The molecule has 2 unspecified atom stereocenters. The second-order valence-corrected chi connectivity index (χ2v) is 5.32. The number of aromatic nitrogens is 3. The number of carbonyl (C=O) groups is 1. The normalized spacial score (nSPS) is 21.4. The zero-order chi connectivity index (χ0) is 14.3. The predicted molar refractivity (Wildman–Crippen MR) is 73.6 cm³/mol. The summed E-state index contributed by atoms with van der Waals surface area (Å²) in [5.41, 5.74) is 6.61. The second-order valence-electron chi connectivity index (χ2n) is 4.89. The molecule has 2 atom stereocenters. The molecular weight excluding hydrogens is 280 g/mol. The fourth-order valence-corrected chi connectivity index (χ4v) is 2.75. The van der Waals surface area contributed by atoms with Gasteiger partial charge in [-0.25, -0.2) is 4.68 Å². The van der Waals surface area contributed by atoms with Gasteiger partial charge in [0, 0.05) is 10.9 Å². The molecule has 6 nitrogen and oxygen atoms in total. The summed E-state index contributed by atoms with van der Waals surface area (Å²) in [6.07, 6.45) is 0.481. The second kappa shape index (κ2) is 4.79.